The molecule has 0 spiro atoms. The SMILES string of the molecule is CCCCCCn1c(=O)c(OC(C)=O)c(OC/C=C(\C)CCC=C(C)C)c2ccc(OCc3ccccc3)cc21. The van der Waals surface area contributed by atoms with Gasteiger partial charge in [-0.2, -0.15) is 0 Å². The second-order valence-electron chi connectivity index (χ2n) is 10.4. The van der Waals surface area contributed by atoms with Gasteiger partial charge in [0.2, 0.25) is 5.75 Å². The Kier molecular flexibility index (Phi) is 12.1. The molecule has 6 heteroatoms. The quantitative estimate of drug-likeness (QED) is 0.109. The molecule has 0 saturated carbocycles. The maximum atomic E-state index is 13.7. The first-order valence-corrected chi connectivity index (χ1v) is 14.3. The van der Waals surface area contributed by atoms with Crippen LogP contribution >= 0.6 is 0 Å². The van der Waals surface area contributed by atoms with E-state index < -0.39 is 5.97 Å². The molecule has 0 saturated heterocycles. The van der Waals surface area contributed by atoms with E-state index in [9.17, 15) is 9.59 Å². The van der Waals surface area contributed by atoms with Gasteiger partial charge in [-0.1, -0.05) is 73.7 Å². The predicted molar refractivity (Wildman–Crippen MR) is 162 cm³/mol. The number of carbonyl (C=O) groups is 1. The third-order valence-corrected chi connectivity index (χ3v) is 6.63. The molecule has 0 fully saturated rings. The van der Waals surface area contributed by atoms with Gasteiger partial charge >= 0.3 is 5.97 Å². The van der Waals surface area contributed by atoms with E-state index in [1.54, 1.807) is 4.57 Å². The Bertz CT molecular complexity index is 1380. The molecule has 0 amide bonds. The number of unbranched alkanes of at least 4 members (excludes halogenated alkanes) is 3. The van der Waals surface area contributed by atoms with Gasteiger partial charge in [-0.15, -0.1) is 0 Å². The summed E-state index contributed by atoms with van der Waals surface area (Å²) < 4.78 is 19.4. The van der Waals surface area contributed by atoms with Crippen LogP contribution in [-0.4, -0.2) is 17.1 Å². The van der Waals surface area contributed by atoms with Crippen LogP contribution in [0.25, 0.3) is 10.9 Å². The number of pyridine rings is 1. The standard InChI is InChI=1S/C34H43NO5/c1-6-7-8-12-21-35-31-23-29(39-24-28-16-10-9-11-17-28)18-19-30(31)32(33(34(35)37)40-27(5)36)38-22-20-26(4)15-13-14-25(2)3/h9-11,14,16-20,23H,6-8,12-13,15,21-22,24H2,1-5H3/b26-20+. The van der Waals surface area contributed by atoms with Crippen LogP contribution in [0.4, 0.5) is 0 Å². The summed E-state index contributed by atoms with van der Waals surface area (Å²) in [6.07, 6.45) is 10.1. The van der Waals surface area contributed by atoms with Crippen LogP contribution in [-0.2, 0) is 17.9 Å². The first-order valence-electron chi connectivity index (χ1n) is 14.3. The Morgan fingerprint density at radius 3 is 2.38 bits per heavy atom. The van der Waals surface area contributed by atoms with E-state index in [2.05, 4.69) is 33.8 Å². The normalized spacial score (nSPS) is 11.4. The molecule has 0 bridgehead atoms. The third-order valence-electron chi connectivity index (χ3n) is 6.63. The minimum atomic E-state index is -0.560. The lowest BCUT2D eigenvalue weighted by atomic mass is 10.1. The number of aryl methyl sites for hydroxylation is 1. The molecule has 214 valence electrons. The first kappa shape index (κ1) is 30.7. The number of ether oxygens (including phenoxy) is 3. The zero-order valence-electron chi connectivity index (χ0n) is 24.6. The predicted octanol–water partition coefficient (Wildman–Crippen LogP) is 8.16. The zero-order chi connectivity index (χ0) is 28.9. The number of benzene rings is 2. The molecule has 6 nitrogen and oxygen atoms in total. The molecule has 1 aromatic heterocycles. The highest BCUT2D eigenvalue weighted by molar-refractivity contribution is 5.90. The Morgan fingerprint density at radius 1 is 0.900 bits per heavy atom. The Labute approximate surface area is 238 Å². The van der Waals surface area contributed by atoms with E-state index >= 15 is 0 Å². The highest BCUT2D eigenvalue weighted by Gasteiger charge is 2.21. The Balaban J connectivity index is 2.00. The zero-order valence-corrected chi connectivity index (χ0v) is 24.6. The van der Waals surface area contributed by atoms with Crippen molar-refractivity contribution in [2.24, 2.45) is 0 Å². The lowest BCUT2D eigenvalue weighted by Gasteiger charge is -2.18. The fraction of sp³-hybridized carbons (Fsp3) is 0.412. The van der Waals surface area contributed by atoms with Crippen LogP contribution in [0.5, 0.6) is 17.2 Å². The summed E-state index contributed by atoms with van der Waals surface area (Å²) in [5.74, 6) is 0.307. The van der Waals surface area contributed by atoms with Gasteiger partial charge in [-0.25, -0.2) is 0 Å². The third kappa shape index (κ3) is 9.15. The van der Waals surface area contributed by atoms with E-state index in [4.69, 9.17) is 14.2 Å². The van der Waals surface area contributed by atoms with Crippen LogP contribution in [0, 0.1) is 0 Å². The van der Waals surface area contributed by atoms with Crippen molar-refractivity contribution in [2.45, 2.75) is 86.3 Å². The number of carbonyl (C=O) groups excluding carboxylic acids is 1. The second-order valence-corrected chi connectivity index (χ2v) is 10.4. The van der Waals surface area contributed by atoms with Crippen molar-refractivity contribution in [3.05, 3.63) is 87.7 Å². The first-order chi connectivity index (χ1) is 19.3. The summed E-state index contributed by atoms with van der Waals surface area (Å²) in [6.45, 7) is 10.9. The number of rotatable bonds is 15. The highest BCUT2D eigenvalue weighted by atomic mass is 16.6. The van der Waals surface area contributed by atoms with E-state index in [-0.39, 0.29) is 23.7 Å². The minimum Gasteiger partial charge on any atom is -0.489 e. The van der Waals surface area contributed by atoms with Crippen molar-refractivity contribution < 1.29 is 19.0 Å². The molecular formula is C34H43NO5. The molecule has 0 aliphatic heterocycles. The fourth-order valence-electron chi connectivity index (χ4n) is 4.46. The van der Waals surface area contributed by atoms with Crippen LogP contribution in [0.15, 0.2) is 76.6 Å². The Hall–Kier alpha value is -3.80. The summed E-state index contributed by atoms with van der Waals surface area (Å²) in [5, 5.41) is 0.703. The molecule has 2 aromatic carbocycles. The van der Waals surface area contributed by atoms with Gasteiger partial charge in [0.25, 0.3) is 5.56 Å². The van der Waals surface area contributed by atoms with Gasteiger partial charge in [0.15, 0.2) is 5.75 Å². The topological polar surface area (TPSA) is 66.8 Å². The summed E-state index contributed by atoms with van der Waals surface area (Å²) in [6, 6.07) is 15.6. The smallest absolute Gasteiger partial charge is 0.308 e. The summed E-state index contributed by atoms with van der Waals surface area (Å²) >= 11 is 0. The van der Waals surface area contributed by atoms with E-state index in [1.165, 1.54) is 18.1 Å². The molecular weight excluding hydrogens is 502 g/mol. The van der Waals surface area contributed by atoms with Crippen LogP contribution in [0.3, 0.4) is 0 Å². The van der Waals surface area contributed by atoms with E-state index in [1.807, 2.05) is 54.6 Å². The van der Waals surface area contributed by atoms with Crippen LogP contribution in [0.2, 0.25) is 0 Å². The average molecular weight is 546 g/mol. The molecule has 1 heterocycles. The van der Waals surface area contributed by atoms with Crippen molar-refractivity contribution in [1.82, 2.24) is 4.57 Å². The number of hydrogen-bond donors (Lipinski definition) is 0. The Morgan fingerprint density at radius 2 is 1.68 bits per heavy atom. The van der Waals surface area contributed by atoms with Gasteiger partial charge in [0.1, 0.15) is 19.0 Å². The molecule has 0 aliphatic carbocycles. The van der Waals surface area contributed by atoms with Crippen molar-refractivity contribution in [3.63, 3.8) is 0 Å². The van der Waals surface area contributed by atoms with E-state index in [0.717, 1.165) is 44.1 Å². The number of hydrogen-bond acceptors (Lipinski definition) is 5. The van der Waals surface area contributed by atoms with Crippen molar-refractivity contribution in [3.8, 4) is 17.2 Å². The van der Waals surface area contributed by atoms with Crippen LogP contribution < -0.4 is 19.8 Å². The van der Waals surface area contributed by atoms with Gasteiger partial charge in [-0.3, -0.25) is 9.59 Å². The molecule has 0 aliphatic rings. The van der Waals surface area contributed by atoms with Gasteiger partial charge in [0, 0.05) is 24.9 Å². The molecule has 3 aromatic rings. The second kappa shape index (κ2) is 15.7. The number of esters is 1. The molecule has 0 unspecified atom stereocenters. The number of fused-ring (bicyclic) bond motifs is 1. The number of nitrogens with zero attached hydrogens (tertiary/aromatic N) is 1. The minimum absolute atomic E-state index is 0.0657. The van der Waals surface area contributed by atoms with E-state index in [0.29, 0.717) is 29.8 Å². The monoisotopic (exact) mass is 545 g/mol. The van der Waals surface area contributed by atoms with Crippen molar-refractivity contribution in [1.29, 1.82) is 0 Å². The van der Waals surface area contributed by atoms with Crippen molar-refractivity contribution in [2.75, 3.05) is 6.61 Å². The number of allylic oxidation sites excluding steroid dienone is 3. The largest absolute Gasteiger partial charge is 0.489 e. The lowest BCUT2D eigenvalue weighted by molar-refractivity contribution is -0.132. The maximum absolute atomic E-state index is 13.7. The summed E-state index contributed by atoms with van der Waals surface area (Å²) in [5.41, 5.74) is 3.86. The van der Waals surface area contributed by atoms with Crippen molar-refractivity contribution >= 4 is 16.9 Å². The average Bonchev–Trinajstić information content (AvgIpc) is 2.93. The van der Waals surface area contributed by atoms with Gasteiger partial charge in [0.05, 0.1) is 5.52 Å². The summed E-state index contributed by atoms with van der Waals surface area (Å²) in [7, 11) is 0. The van der Waals surface area contributed by atoms with Crippen LogP contribution in [0.1, 0.15) is 78.7 Å². The molecule has 3 rings (SSSR count). The molecule has 0 radical (unpaired) electrons. The molecule has 0 N–H and O–H groups in total. The van der Waals surface area contributed by atoms with Gasteiger partial charge in [-0.05, 0) is 63.8 Å². The molecule has 0 atom stereocenters. The fourth-order valence-corrected chi connectivity index (χ4v) is 4.46. The molecule has 40 heavy (non-hydrogen) atoms. The highest BCUT2D eigenvalue weighted by Crippen LogP contribution is 2.35. The number of aromatic nitrogens is 1. The summed E-state index contributed by atoms with van der Waals surface area (Å²) in [4.78, 5) is 25.8. The maximum Gasteiger partial charge on any atom is 0.308 e. The van der Waals surface area contributed by atoms with Gasteiger partial charge < -0.3 is 18.8 Å². The lowest BCUT2D eigenvalue weighted by Crippen LogP contribution is -2.25.